The lowest BCUT2D eigenvalue weighted by Gasteiger charge is -2.22. The fourth-order valence-electron chi connectivity index (χ4n) is 4.26. The number of hydrogen-bond acceptors (Lipinski definition) is 10. The maximum atomic E-state index is 12.6. The number of methoxy groups -OCH3 is 1. The van der Waals surface area contributed by atoms with Crippen molar-refractivity contribution in [3.63, 3.8) is 0 Å². The van der Waals surface area contributed by atoms with Gasteiger partial charge in [0.2, 0.25) is 5.13 Å². The highest BCUT2D eigenvalue weighted by Gasteiger charge is 2.29. The average molecular weight is 727 g/mol. The molecule has 0 atom stereocenters. The van der Waals surface area contributed by atoms with E-state index in [1.54, 1.807) is 72.8 Å². The van der Waals surface area contributed by atoms with Crippen molar-refractivity contribution in [2.24, 2.45) is 0 Å². The van der Waals surface area contributed by atoms with Crippen LogP contribution in [-0.4, -0.2) is 23.3 Å². The Morgan fingerprint density at radius 1 is 0.870 bits per heavy atom. The number of esters is 1. The molecule has 0 aliphatic carbocycles. The Labute approximate surface area is 280 Å². The van der Waals surface area contributed by atoms with E-state index in [1.807, 2.05) is 11.0 Å². The van der Waals surface area contributed by atoms with Crippen LogP contribution in [0.4, 0.5) is 19.9 Å². The summed E-state index contributed by atoms with van der Waals surface area (Å²) < 4.78 is 54.3. The molecule has 0 bridgehead atoms. The Morgan fingerprint density at radius 3 is 2.30 bits per heavy atom. The molecular formula is C30H21Cl3F2N3O6PS. The molecule has 0 amide bonds. The lowest BCUT2D eigenvalue weighted by molar-refractivity contribution is -0.0881. The summed E-state index contributed by atoms with van der Waals surface area (Å²) in [6, 6.07) is 23.6. The Morgan fingerprint density at radius 2 is 1.61 bits per heavy atom. The van der Waals surface area contributed by atoms with Crippen LogP contribution in [-0.2, 0) is 31.5 Å². The SMILES string of the molecule is COC(=O)c1cccc(Oc2cccc(-c3nnc(N(Cc4ccc(CP(=O)(OF)OF)c(Cl)c4)c4ccc(Cl)c(Cl)c4)s3)c2)c1. The average Bonchev–Trinajstić information content (AvgIpc) is 3.56. The Kier molecular flexibility index (Phi) is 10.9. The topological polar surface area (TPSA) is 100 Å². The molecule has 46 heavy (non-hydrogen) atoms. The first-order valence-electron chi connectivity index (χ1n) is 13.1. The first-order valence-corrected chi connectivity index (χ1v) is 16.8. The van der Waals surface area contributed by atoms with Crippen LogP contribution >= 0.6 is 53.7 Å². The smallest absolute Gasteiger partial charge is 0.399 e. The summed E-state index contributed by atoms with van der Waals surface area (Å²) >= 11 is 20.2. The third-order valence-corrected chi connectivity index (χ3v) is 9.70. The van der Waals surface area contributed by atoms with Crippen molar-refractivity contribution >= 4 is 70.5 Å². The Balaban J connectivity index is 1.43. The molecule has 0 saturated carbocycles. The van der Waals surface area contributed by atoms with Crippen molar-refractivity contribution in [2.45, 2.75) is 12.7 Å². The molecule has 0 N–H and O–H groups in total. The quantitative estimate of drug-likeness (QED) is 0.0918. The van der Waals surface area contributed by atoms with Gasteiger partial charge in [-0.25, -0.2) is 4.79 Å². The zero-order chi connectivity index (χ0) is 32.8. The molecule has 1 aromatic heterocycles. The minimum Gasteiger partial charge on any atom is -0.465 e. The van der Waals surface area contributed by atoms with Crippen molar-refractivity contribution in [1.82, 2.24) is 10.2 Å². The number of carbonyl (C=O) groups is 1. The summed E-state index contributed by atoms with van der Waals surface area (Å²) in [6.45, 7) is 0.211. The van der Waals surface area contributed by atoms with Crippen LogP contribution in [0.15, 0.2) is 84.9 Å². The van der Waals surface area contributed by atoms with Crippen molar-refractivity contribution in [3.05, 3.63) is 117 Å². The van der Waals surface area contributed by atoms with Gasteiger partial charge in [-0.15, -0.1) is 19.7 Å². The number of rotatable bonds is 12. The van der Waals surface area contributed by atoms with E-state index in [-0.39, 0.29) is 17.1 Å². The van der Waals surface area contributed by atoms with E-state index in [0.29, 0.717) is 48.5 Å². The minimum atomic E-state index is -4.64. The van der Waals surface area contributed by atoms with Gasteiger partial charge in [0.1, 0.15) is 16.5 Å². The van der Waals surface area contributed by atoms with Crippen LogP contribution < -0.4 is 9.64 Å². The number of carbonyl (C=O) groups excluding carboxylic acids is 1. The molecule has 0 aliphatic heterocycles. The molecule has 5 rings (SSSR count). The van der Waals surface area contributed by atoms with E-state index in [2.05, 4.69) is 19.7 Å². The standard InChI is InChI=1S/C30H21Cl3F2N3O6PS/c1-41-29(39)20-5-3-7-24(14-20)42-23-6-2-4-19(13-23)28-36-37-30(46-28)38(22-10-11-25(31)27(33)15-22)16-18-8-9-21(26(32)12-18)17-45(40,43-34)44-35/h2-15H,16-17H2,1H3. The third-order valence-electron chi connectivity index (χ3n) is 6.46. The van der Waals surface area contributed by atoms with Gasteiger partial charge in [-0.3, -0.25) is 4.57 Å². The maximum Gasteiger partial charge on any atom is 0.399 e. The van der Waals surface area contributed by atoms with Crippen molar-refractivity contribution in [2.75, 3.05) is 12.0 Å². The molecule has 16 heteroatoms. The molecule has 0 aliphatic rings. The van der Waals surface area contributed by atoms with Crippen LogP contribution in [0.2, 0.25) is 15.1 Å². The first kappa shape index (κ1) is 33.7. The normalized spacial score (nSPS) is 11.3. The van der Waals surface area contributed by atoms with E-state index < -0.39 is 19.7 Å². The van der Waals surface area contributed by atoms with Gasteiger partial charge in [0.15, 0.2) is 0 Å². The molecular weight excluding hydrogens is 706 g/mol. The highest BCUT2D eigenvalue weighted by molar-refractivity contribution is 7.52. The van der Waals surface area contributed by atoms with E-state index in [1.165, 1.54) is 24.5 Å². The fraction of sp³-hybridized carbons (Fsp3) is 0.100. The predicted molar refractivity (Wildman–Crippen MR) is 173 cm³/mol. The van der Waals surface area contributed by atoms with Crippen LogP contribution in [0.5, 0.6) is 11.5 Å². The molecule has 4 aromatic carbocycles. The van der Waals surface area contributed by atoms with Crippen molar-refractivity contribution in [3.8, 4) is 22.1 Å². The van der Waals surface area contributed by atoms with E-state index >= 15 is 0 Å². The molecule has 238 valence electrons. The van der Waals surface area contributed by atoms with Crippen molar-refractivity contribution in [1.29, 1.82) is 0 Å². The molecule has 0 radical (unpaired) electrons. The number of anilines is 2. The Hall–Kier alpha value is -3.61. The van der Waals surface area contributed by atoms with Gasteiger partial charge in [0, 0.05) is 16.3 Å². The second-order valence-corrected chi connectivity index (χ2v) is 13.5. The van der Waals surface area contributed by atoms with Gasteiger partial charge in [-0.05, 0) is 74.8 Å². The number of aromatic nitrogens is 2. The van der Waals surface area contributed by atoms with E-state index in [9.17, 15) is 18.4 Å². The van der Waals surface area contributed by atoms with Gasteiger partial charge in [-0.1, -0.05) is 76.5 Å². The largest absolute Gasteiger partial charge is 0.465 e. The first-order chi connectivity index (χ1) is 22.1. The summed E-state index contributed by atoms with van der Waals surface area (Å²) in [7, 11) is -3.33. The van der Waals surface area contributed by atoms with E-state index in [0.717, 1.165) is 5.56 Å². The number of halogens is 5. The number of ether oxygens (including phenoxy) is 2. The van der Waals surface area contributed by atoms with E-state index in [4.69, 9.17) is 44.3 Å². The third kappa shape index (κ3) is 8.02. The summed E-state index contributed by atoms with van der Waals surface area (Å²) in [5.74, 6) is 0.480. The van der Waals surface area contributed by atoms with Crippen LogP contribution in [0.25, 0.3) is 10.6 Å². The number of hydrogen-bond donors (Lipinski definition) is 0. The molecule has 0 saturated heterocycles. The summed E-state index contributed by atoms with van der Waals surface area (Å²) in [4.78, 5) is 13.7. The summed E-state index contributed by atoms with van der Waals surface area (Å²) in [5, 5.41) is 10.7. The van der Waals surface area contributed by atoms with Gasteiger partial charge in [-0.2, -0.15) is 0 Å². The monoisotopic (exact) mass is 725 g/mol. The lowest BCUT2D eigenvalue weighted by Crippen LogP contribution is -2.16. The Bertz CT molecular complexity index is 1930. The minimum absolute atomic E-state index is 0.0906. The highest BCUT2D eigenvalue weighted by atomic mass is 35.5. The molecule has 0 unspecified atom stereocenters. The lowest BCUT2D eigenvalue weighted by atomic mass is 10.1. The highest BCUT2D eigenvalue weighted by Crippen LogP contribution is 2.53. The zero-order valence-corrected chi connectivity index (χ0v) is 27.5. The molecule has 0 fully saturated rings. The van der Waals surface area contributed by atoms with Crippen molar-refractivity contribution < 1.29 is 37.3 Å². The number of benzene rings is 4. The van der Waals surface area contributed by atoms with Gasteiger partial charge in [0.25, 0.3) is 0 Å². The zero-order valence-electron chi connectivity index (χ0n) is 23.5. The number of nitrogens with zero attached hydrogens (tertiary/aromatic N) is 3. The molecule has 1 heterocycles. The predicted octanol–water partition coefficient (Wildman–Crippen LogP) is 10.6. The summed E-state index contributed by atoms with van der Waals surface area (Å²) in [6.07, 6.45) is -0.713. The second-order valence-electron chi connectivity index (χ2n) is 9.56. The van der Waals surface area contributed by atoms with Crippen LogP contribution in [0.1, 0.15) is 21.5 Å². The molecule has 9 nitrogen and oxygen atoms in total. The van der Waals surface area contributed by atoms with Gasteiger partial charge in [0.05, 0.1) is 35.4 Å². The van der Waals surface area contributed by atoms with Crippen LogP contribution in [0, 0.1) is 0 Å². The maximum absolute atomic E-state index is 12.6. The molecule has 0 spiro atoms. The van der Waals surface area contributed by atoms with Gasteiger partial charge >= 0.3 is 13.6 Å². The fourth-order valence-corrected chi connectivity index (χ4v) is 6.59. The second kappa shape index (κ2) is 14.9. The van der Waals surface area contributed by atoms with Crippen LogP contribution in [0.3, 0.4) is 0 Å². The molecule has 5 aromatic rings. The summed E-state index contributed by atoms with van der Waals surface area (Å²) in [5.41, 5.74) is 2.54. The van der Waals surface area contributed by atoms with Gasteiger partial charge < -0.3 is 14.4 Å².